The quantitative estimate of drug-likeness (QED) is 0.803. The first-order valence-corrected chi connectivity index (χ1v) is 7.20. The highest BCUT2D eigenvalue weighted by molar-refractivity contribution is 5.97. The van der Waals surface area contributed by atoms with Gasteiger partial charge in [-0.2, -0.15) is 0 Å². The third-order valence-electron chi connectivity index (χ3n) is 3.43. The standard InChI is InChI=1S/C17H16FN3O/c1-2-8-19-17(22)12-6-7-16-15(9-12)20-11-21(16)14-5-3-4-13(18)10-14/h3-7,9-11H,2,8H2,1H3,(H,19,22). The van der Waals surface area contributed by atoms with E-state index in [1.807, 2.05) is 19.1 Å². The molecule has 0 aliphatic rings. The minimum absolute atomic E-state index is 0.107. The molecule has 0 fully saturated rings. The predicted octanol–water partition coefficient (Wildman–Crippen LogP) is 3.30. The molecule has 0 saturated heterocycles. The van der Waals surface area contributed by atoms with Crippen LogP contribution in [0.15, 0.2) is 48.8 Å². The number of fused-ring (bicyclic) bond motifs is 1. The van der Waals surface area contributed by atoms with Gasteiger partial charge in [-0.15, -0.1) is 0 Å². The van der Waals surface area contributed by atoms with E-state index in [4.69, 9.17) is 0 Å². The SMILES string of the molecule is CCCNC(=O)c1ccc2c(c1)ncn2-c1cccc(F)c1. The second-order valence-electron chi connectivity index (χ2n) is 5.05. The molecule has 112 valence electrons. The molecule has 4 nitrogen and oxygen atoms in total. The van der Waals surface area contributed by atoms with Crippen LogP contribution >= 0.6 is 0 Å². The van der Waals surface area contributed by atoms with E-state index in [1.54, 1.807) is 29.1 Å². The topological polar surface area (TPSA) is 46.9 Å². The number of halogens is 1. The Morgan fingerprint density at radius 1 is 1.27 bits per heavy atom. The first-order valence-electron chi connectivity index (χ1n) is 7.20. The normalized spacial score (nSPS) is 10.8. The van der Waals surface area contributed by atoms with Gasteiger partial charge in [-0.25, -0.2) is 9.37 Å². The van der Waals surface area contributed by atoms with Crippen LogP contribution < -0.4 is 5.32 Å². The van der Waals surface area contributed by atoms with Gasteiger partial charge in [0.1, 0.15) is 12.1 Å². The van der Waals surface area contributed by atoms with Crippen molar-refractivity contribution in [3.8, 4) is 5.69 Å². The molecule has 3 aromatic rings. The lowest BCUT2D eigenvalue weighted by Gasteiger charge is -2.06. The fourth-order valence-electron chi connectivity index (χ4n) is 2.33. The molecule has 3 rings (SSSR count). The molecule has 0 aliphatic carbocycles. The van der Waals surface area contributed by atoms with E-state index in [1.165, 1.54) is 12.1 Å². The lowest BCUT2D eigenvalue weighted by atomic mass is 10.2. The number of carbonyl (C=O) groups is 1. The van der Waals surface area contributed by atoms with Crippen molar-refractivity contribution in [1.29, 1.82) is 0 Å². The smallest absolute Gasteiger partial charge is 0.251 e. The van der Waals surface area contributed by atoms with Gasteiger partial charge in [-0.05, 0) is 42.8 Å². The number of rotatable bonds is 4. The maximum atomic E-state index is 13.4. The number of nitrogens with one attached hydrogen (secondary N) is 1. The highest BCUT2D eigenvalue weighted by atomic mass is 19.1. The molecule has 2 aromatic carbocycles. The Morgan fingerprint density at radius 3 is 2.91 bits per heavy atom. The van der Waals surface area contributed by atoms with Crippen molar-refractivity contribution in [3.05, 3.63) is 60.2 Å². The molecule has 0 spiro atoms. The second-order valence-corrected chi connectivity index (χ2v) is 5.05. The second kappa shape index (κ2) is 5.97. The average Bonchev–Trinajstić information content (AvgIpc) is 2.95. The van der Waals surface area contributed by atoms with Gasteiger partial charge in [-0.1, -0.05) is 13.0 Å². The lowest BCUT2D eigenvalue weighted by molar-refractivity contribution is 0.0954. The molecule has 0 unspecified atom stereocenters. The van der Waals surface area contributed by atoms with Crippen LogP contribution in [0, 0.1) is 5.82 Å². The molecular formula is C17H16FN3O. The Bertz CT molecular complexity index is 826. The maximum Gasteiger partial charge on any atom is 0.251 e. The Balaban J connectivity index is 1.98. The summed E-state index contributed by atoms with van der Waals surface area (Å²) in [6.07, 6.45) is 2.52. The molecule has 1 aromatic heterocycles. The zero-order valence-corrected chi connectivity index (χ0v) is 12.2. The van der Waals surface area contributed by atoms with Crippen molar-refractivity contribution >= 4 is 16.9 Å². The Morgan fingerprint density at radius 2 is 2.14 bits per heavy atom. The van der Waals surface area contributed by atoms with Crippen LogP contribution in [0.5, 0.6) is 0 Å². The number of nitrogens with zero attached hydrogens (tertiary/aromatic N) is 2. The molecule has 1 N–H and O–H groups in total. The largest absolute Gasteiger partial charge is 0.352 e. The van der Waals surface area contributed by atoms with E-state index < -0.39 is 0 Å². The third-order valence-corrected chi connectivity index (χ3v) is 3.43. The van der Waals surface area contributed by atoms with E-state index in [0.717, 1.165) is 11.9 Å². The summed E-state index contributed by atoms with van der Waals surface area (Å²) >= 11 is 0. The van der Waals surface area contributed by atoms with Gasteiger partial charge in [0, 0.05) is 12.1 Å². The van der Waals surface area contributed by atoms with Gasteiger partial charge in [0.05, 0.1) is 16.7 Å². The maximum absolute atomic E-state index is 13.4. The number of carbonyl (C=O) groups excluding carboxylic acids is 1. The molecule has 0 atom stereocenters. The molecule has 0 bridgehead atoms. The lowest BCUT2D eigenvalue weighted by Crippen LogP contribution is -2.23. The van der Waals surface area contributed by atoms with Crippen LogP contribution in [0.1, 0.15) is 23.7 Å². The summed E-state index contributed by atoms with van der Waals surface area (Å²) in [5.74, 6) is -0.404. The molecule has 5 heteroatoms. The van der Waals surface area contributed by atoms with E-state index in [2.05, 4.69) is 10.3 Å². The van der Waals surface area contributed by atoms with Crippen LogP contribution in [0.3, 0.4) is 0 Å². The van der Waals surface area contributed by atoms with Gasteiger partial charge < -0.3 is 5.32 Å². The Hall–Kier alpha value is -2.69. The number of hydrogen-bond acceptors (Lipinski definition) is 2. The fraction of sp³-hybridized carbons (Fsp3) is 0.176. The highest BCUT2D eigenvalue weighted by Gasteiger charge is 2.10. The zero-order chi connectivity index (χ0) is 15.5. The molecule has 0 aliphatic heterocycles. The Labute approximate surface area is 127 Å². The van der Waals surface area contributed by atoms with Crippen LogP contribution in [-0.2, 0) is 0 Å². The monoisotopic (exact) mass is 297 g/mol. The third kappa shape index (κ3) is 2.70. The van der Waals surface area contributed by atoms with E-state index in [9.17, 15) is 9.18 Å². The summed E-state index contributed by atoms with van der Waals surface area (Å²) in [5.41, 5.74) is 2.81. The zero-order valence-electron chi connectivity index (χ0n) is 12.2. The summed E-state index contributed by atoms with van der Waals surface area (Å²) in [7, 11) is 0. The number of aromatic nitrogens is 2. The van der Waals surface area contributed by atoms with Crippen molar-refractivity contribution in [3.63, 3.8) is 0 Å². The highest BCUT2D eigenvalue weighted by Crippen LogP contribution is 2.20. The van der Waals surface area contributed by atoms with Crippen molar-refractivity contribution < 1.29 is 9.18 Å². The van der Waals surface area contributed by atoms with Crippen LogP contribution in [0.4, 0.5) is 4.39 Å². The van der Waals surface area contributed by atoms with E-state index >= 15 is 0 Å². The number of hydrogen-bond donors (Lipinski definition) is 1. The summed E-state index contributed by atoms with van der Waals surface area (Å²) in [6.45, 7) is 2.65. The number of benzene rings is 2. The molecule has 0 saturated carbocycles. The molecule has 1 heterocycles. The first-order chi connectivity index (χ1) is 10.7. The van der Waals surface area contributed by atoms with Crippen LogP contribution in [0.25, 0.3) is 16.7 Å². The summed E-state index contributed by atoms with van der Waals surface area (Å²) in [6, 6.07) is 11.6. The summed E-state index contributed by atoms with van der Waals surface area (Å²) < 4.78 is 15.2. The van der Waals surface area contributed by atoms with Crippen LogP contribution in [-0.4, -0.2) is 22.0 Å². The minimum Gasteiger partial charge on any atom is -0.352 e. The molecule has 0 radical (unpaired) electrons. The molecule has 22 heavy (non-hydrogen) atoms. The van der Waals surface area contributed by atoms with Crippen molar-refractivity contribution in [1.82, 2.24) is 14.9 Å². The van der Waals surface area contributed by atoms with Crippen molar-refractivity contribution in [2.24, 2.45) is 0 Å². The van der Waals surface area contributed by atoms with Gasteiger partial charge in [0.25, 0.3) is 5.91 Å². The predicted molar refractivity (Wildman–Crippen MR) is 83.7 cm³/mol. The first kappa shape index (κ1) is 14.3. The summed E-state index contributed by atoms with van der Waals surface area (Å²) in [5, 5.41) is 2.84. The van der Waals surface area contributed by atoms with Crippen LogP contribution in [0.2, 0.25) is 0 Å². The van der Waals surface area contributed by atoms with Gasteiger partial charge in [-0.3, -0.25) is 9.36 Å². The minimum atomic E-state index is -0.296. The number of amides is 1. The van der Waals surface area contributed by atoms with Gasteiger partial charge in [0.2, 0.25) is 0 Å². The fourth-order valence-corrected chi connectivity index (χ4v) is 2.33. The Kier molecular flexibility index (Phi) is 3.87. The van der Waals surface area contributed by atoms with Crippen molar-refractivity contribution in [2.75, 3.05) is 6.54 Å². The summed E-state index contributed by atoms with van der Waals surface area (Å²) in [4.78, 5) is 16.3. The average molecular weight is 297 g/mol. The van der Waals surface area contributed by atoms with Gasteiger partial charge >= 0.3 is 0 Å². The van der Waals surface area contributed by atoms with E-state index in [0.29, 0.717) is 23.3 Å². The van der Waals surface area contributed by atoms with Gasteiger partial charge in [0.15, 0.2) is 0 Å². The van der Waals surface area contributed by atoms with E-state index in [-0.39, 0.29) is 11.7 Å². The molecule has 1 amide bonds. The molecular weight excluding hydrogens is 281 g/mol. The number of imidazole rings is 1. The van der Waals surface area contributed by atoms with Crippen molar-refractivity contribution in [2.45, 2.75) is 13.3 Å².